The topological polar surface area (TPSA) is 17.1 Å². The SMILES string of the molecule is CCC(Cl)CCCCC(=O)Cl. The Balaban J connectivity index is 3.08. The van der Waals surface area contributed by atoms with Crippen molar-refractivity contribution in [3.63, 3.8) is 0 Å². The van der Waals surface area contributed by atoms with Gasteiger partial charge in [-0.05, 0) is 30.9 Å². The van der Waals surface area contributed by atoms with E-state index in [1.807, 2.05) is 0 Å². The van der Waals surface area contributed by atoms with Gasteiger partial charge in [0.05, 0.1) is 0 Å². The molecule has 0 heterocycles. The Morgan fingerprint density at radius 1 is 1.45 bits per heavy atom. The van der Waals surface area contributed by atoms with Crippen LogP contribution in [0.25, 0.3) is 0 Å². The summed E-state index contributed by atoms with van der Waals surface area (Å²) < 4.78 is 0. The minimum absolute atomic E-state index is 0.243. The second-order valence-corrected chi connectivity index (χ2v) is 3.65. The molecule has 0 amide bonds. The van der Waals surface area contributed by atoms with Crippen LogP contribution in [0.15, 0.2) is 0 Å². The summed E-state index contributed by atoms with van der Waals surface area (Å²) in [6, 6.07) is 0. The van der Waals surface area contributed by atoms with Crippen LogP contribution < -0.4 is 0 Å². The summed E-state index contributed by atoms with van der Waals surface area (Å²) in [6.07, 6.45) is 4.33. The zero-order valence-electron chi connectivity index (χ0n) is 6.78. The molecule has 66 valence electrons. The first-order chi connectivity index (χ1) is 5.16. The zero-order valence-corrected chi connectivity index (χ0v) is 8.29. The van der Waals surface area contributed by atoms with Crippen LogP contribution in [0.2, 0.25) is 0 Å². The van der Waals surface area contributed by atoms with Crippen molar-refractivity contribution in [1.82, 2.24) is 0 Å². The van der Waals surface area contributed by atoms with Crippen LogP contribution in [0, 0.1) is 0 Å². The molecule has 0 aromatic heterocycles. The Morgan fingerprint density at radius 2 is 2.09 bits per heavy atom. The van der Waals surface area contributed by atoms with Gasteiger partial charge in [-0.2, -0.15) is 0 Å². The van der Waals surface area contributed by atoms with Crippen molar-refractivity contribution in [2.75, 3.05) is 0 Å². The van der Waals surface area contributed by atoms with E-state index in [4.69, 9.17) is 23.2 Å². The van der Waals surface area contributed by atoms with E-state index < -0.39 is 0 Å². The quantitative estimate of drug-likeness (QED) is 0.362. The number of unbranched alkanes of at least 4 members (excludes halogenated alkanes) is 1. The lowest BCUT2D eigenvalue weighted by molar-refractivity contribution is -0.111. The van der Waals surface area contributed by atoms with Crippen LogP contribution in [0.1, 0.15) is 39.0 Å². The molecule has 1 atom stereocenters. The van der Waals surface area contributed by atoms with Crippen molar-refractivity contribution < 1.29 is 4.79 Å². The number of carbonyl (C=O) groups is 1. The van der Waals surface area contributed by atoms with Gasteiger partial charge in [0.1, 0.15) is 0 Å². The molecule has 0 fully saturated rings. The van der Waals surface area contributed by atoms with Gasteiger partial charge in [0, 0.05) is 11.8 Å². The maximum absolute atomic E-state index is 10.3. The summed E-state index contributed by atoms with van der Waals surface area (Å²) >= 11 is 11.0. The van der Waals surface area contributed by atoms with E-state index >= 15 is 0 Å². The van der Waals surface area contributed by atoms with Crippen LogP contribution in [0.5, 0.6) is 0 Å². The first-order valence-electron chi connectivity index (χ1n) is 3.99. The van der Waals surface area contributed by atoms with E-state index in [2.05, 4.69) is 6.92 Å². The summed E-state index contributed by atoms with van der Waals surface area (Å²) in [5.41, 5.74) is 0. The highest BCUT2D eigenvalue weighted by molar-refractivity contribution is 6.63. The fourth-order valence-electron chi connectivity index (χ4n) is 0.834. The van der Waals surface area contributed by atoms with Crippen LogP contribution in [0.4, 0.5) is 0 Å². The van der Waals surface area contributed by atoms with Crippen LogP contribution in [0.3, 0.4) is 0 Å². The number of rotatable bonds is 6. The molecule has 0 saturated carbocycles. The highest BCUT2D eigenvalue weighted by Gasteiger charge is 2.01. The van der Waals surface area contributed by atoms with Gasteiger partial charge in [-0.25, -0.2) is 0 Å². The second kappa shape index (κ2) is 6.93. The molecule has 0 saturated heterocycles. The highest BCUT2D eigenvalue weighted by Crippen LogP contribution is 2.12. The third-order valence-corrected chi connectivity index (χ3v) is 2.30. The second-order valence-electron chi connectivity index (χ2n) is 2.61. The molecule has 0 bridgehead atoms. The lowest BCUT2D eigenvalue weighted by Crippen LogP contribution is -1.96. The number of hydrogen-bond acceptors (Lipinski definition) is 1. The largest absolute Gasteiger partial charge is 0.281 e. The van der Waals surface area contributed by atoms with E-state index in [1.165, 1.54) is 0 Å². The molecule has 0 aromatic carbocycles. The van der Waals surface area contributed by atoms with Gasteiger partial charge < -0.3 is 0 Å². The van der Waals surface area contributed by atoms with Crippen molar-refractivity contribution in [3.8, 4) is 0 Å². The molecular weight excluding hydrogens is 183 g/mol. The zero-order chi connectivity index (χ0) is 8.69. The van der Waals surface area contributed by atoms with Crippen molar-refractivity contribution in [1.29, 1.82) is 0 Å². The summed E-state index contributed by atoms with van der Waals surface area (Å²) in [5, 5.41) is 0.0213. The number of halogens is 2. The van der Waals surface area contributed by atoms with Gasteiger partial charge in [0.15, 0.2) is 0 Å². The fraction of sp³-hybridized carbons (Fsp3) is 0.875. The summed E-state index contributed by atoms with van der Waals surface area (Å²) in [4.78, 5) is 10.3. The molecule has 3 heteroatoms. The van der Waals surface area contributed by atoms with E-state index in [0.29, 0.717) is 6.42 Å². The maximum atomic E-state index is 10.3. The molecule has 0 aliphatic rings. The van der Waals surface area contributed by atoms with Gasteiger partial charge in [0.25, 0.3) is 0 Å². The third-order valence-electron chi connectivity index (χ3n) is 1.58. The maximum Gasteiger partial charge on any atom is 0.221 e. The molecule has 0 N–H and O–H groups in total. The Kier molecular flexibility index (Phi) is 7.09. The summed E-state index contributed by atoms with van der Waals surface area (Å²) in [6.45, 7) is 2.06. The molecule has 0 radical (unpaired) electrons. The Bertz CT molecular complexity index is 115. The fourth-order valence-corrected chi connectivity index (χ4v) is 1.12. The molecule has 0 aliphatic carbocycles. The average molecular weight is 197 g/mol. The van der Waals surface area contributed by atoms with E-state index in [-0.39, 0.29) is 10.6 Å². The number of alkyl halides is 1. The lowest BCUT2D eigenvalue weighted by atomic mass is 10.1. The first kappa shape index (κ1) is 11.2. The van der Waals surface area contributed by atoms with Gasteiger partial charge in [0.2, 0.25) is 5.24 Å². The van der Waals surface area contributed by atoms with E-state index in [0.717, 1.165) is 25.7 Å². The van der Waals surface area contributed by atoms with Crippen molar-refractivity contribution >= 4 is 28.4 Å². The third kappa shape index (κ3) is 8.15. The van der Waals surface area contributed by atoms with Crippen LogP contribution >= 0.6 is 23.2 Å². The van der Waals surface area contributed by atoms with E-state index in [1.54, 1.807) is 0 Å². The van der Waals surface area contributed by atoms with Crippen molar-refractivity contribution in [2.24, 2.45) is 0 Å². The summed E-state index contributed by atoms with van der Waals surface area (Å²) in [5.74, 6) is 0. The smallest absolute Gasteiger partial charge is 0.221 e. The van der Waals surface area contributed by atoms with Gasteiger partial charge in [-0.15, -0.1) is 11.6 Å². The summed E-state index contributed by atoms with van der Waals surface area (Å²) in [7, 11) is 0. The minimum Gasteiger partial charge on any atom is -0.281 e. The van der Waals surface area contributed by atoms with Crippen LogP contribution in [-0.4, -0.2) is 10.6 Å². The predicted molar refractivity (Wildman–Crippen MR) is 49.3 cm³/mol. The minimum atomic E-state index is -0.243. The van der Waals surface area contributed by atoms with E-state index in [9.17, 15) is 4.79 Å². The van der Waals surface area contributed by atoms with Gasteiger partial charge >= 0.3 is 0 Å². The molecule has 11 heavy (non-hydrogen) atoms. The predicted octanol–water partition coefficient (Wildman–Crippen LogP) is 3.33. The molecular formula is C8H14Cl2O. The van der Waals surface area contributed by atoms with Crippen molar-refractivity contribution in [3.05, 3.63) is 0 Å². The number of carbonyl (C=O) groups excluding carboxylic acids is 1. The highest BCUT2D eigenvalue weighted by atomic mass is 35.5. The molecule has 1 unspecified atom stereocenters. The Hall–Kier alpha value is 0.250. The lowest BCUT2D eigenvalue weighted by Gasteiger charge is -2.03. The first-order valence-corrected chi connectivity index (χ1v) is 4.80. The molecule has 0 aromatic rings. The van der Waals surface area contributed by atoms with Crippen LogP contribution in [-0.2, 0) is 4.79 Å². The molecule has 0 rings (SSSR count). The van der Waals surface area contributed by atoms with Gasteiger partial charge in [-0.3, -0.25) is 4.79 Å². The molecule has 1 nitrogen and oxygen atoms in total. The van der Waals surface area contributed by atoms with Crippen molar-refractivity contribution in [2.45, 2.75) is 44.4 Å². The Labute approximate surface area is 78.1 Å². The normalized spacial score (nSPS) is 13.0. The standard InChI is InChI=1S/C8H14Cl2O/c1-2-7(9)5-3-4-6-8(10)11/h7H,2-6H2,1H3. The molecule has 0 aliphatic heterocycles. The monoisotopic (exact) mass is 196 g/mol. The molecule has 0 spiro atoms. The number of hydrogen-bond donors (Lipinski definition) is 0. The average Bonchev–Trinajstić information content (AvgIpc) is 1.97. The van der Waals surface area contributed by atoms with Gasteiger partial charge in [-0.1, -0.05) is 13.3 Å². The Morgan fingerprint density at radius 3 is 2.55 bits per heavy atom.